The van der Waals surface area contributed by atoms with Crippen LogP contribution in [0.3, 0.4) is 0 Å². The van der Waals surface area contributed by atoms with E-state index in [0.717, 1.165) is 4.57 Å². The minimum atomic E-state index is -1.50. The Labute approximate surface area is 103 Å². The number of rotatable bonds is 3. The standard InChI is InChI=1S/C12H10N2O4/c15-12(13-8-4-5-9-13)18-11(14(16)17)10-6-2-1-3-7-10/h1-9,11H. The van der Waals surface area contributed by atoms with Gasteiger partial charge < -0.3 is 4.74 Å². The van der Waals surface area contributed by atoms with Crippen LogP contribution >= 0.6 is 0 Å². The molecule has 1 atom stereocenters. The van der Waals surface area contributed by atoms with Gasteiger partial charge in [-0.15, -0.1) is 0 Å². The summed E-state index contributed by atoms with van der Waals surface area (Å²) in [6.07, 6.45) is 0.640. The maximum absolute atomic E-state index is 11.6. The second-order valence-electron chi connectivity index (χ2n) is 3.52. The van der Waals surface area contributed by atoms with Gasteiger partial charge in [-0.3, -0.25) is 14.7 Å². The minimum Gasteiger partial charge on any atom is -0.377 e. The molecule has 6 nitrogen and oxygen atoms in total. The maximum Gasteiger partial charge on any atom is 0.423 e. The molecular formula is C12H10N2O4. The topological polar surface area (TPSA) is 74.4 Å². The van der Waals surface area contributed by atoms with E-state index in [9.17, 15) is 14.9 Å². The molecule has 92 valence electrons. The van der Waals surface area contributed by atoms with Crippen LogP contribution in [-0.4, -0.2) is 15.6 Å². The highest BCUT2D eigenvalue weighted by Crippen LogP contribution is 2.18. The first-order chi connectivity index (χ1) is 8.68. The summed E-state index contributed by atoms with van der Waals surface area (Å²) in [4.78, 5) is 21.9. The Hall–Kier alpha value is -2.63. The minimum absolute atomic E-state index is 0.322. The van der Waals surface area contributed by atoms with E-state index in [1.54, 1.807) is 30.3 Å². The van der Waals surface area contributed by atoms with Gasteiger partial charge in [0.05, 0.1) is 10.5 Å². The van der Waals surface area contributed by atoms with Gasteiger partial charge in [-0.1, -0.05) is 18.2 Å². The molecule has 0 aliphatic heterocycles. The Kier molecular flexibility index (Phi) is 3.38. The summed E-state index contributed by atoms with van der Waals surface area (Å²) in [5.41, 5.74) is 0.322. The average molecular weight is 246 g/mol. The number of nitrogens with zero attached hydrogens (tertiary/aromatic N) is 2. The molecule has 0 N–H and O–H groups in total. The number of carbonyl (C=O) groups is 1. The highest BCUT2D eigenvalue weighted by molar-refractivity contribution is 5.70. The van der Waals surface area contributed by atoms with E-state index in [1.165, 1.54) is 24.5 Å². The molecule has 1 unspecified atom stereocenters. The van der Waals surface area contributed by atoms with E-state index < -0.39 is 17.2 Å². The third-order valence-electron chi connectivity index (χ3n) is 2.30. The zero-order valence-corrected chi connectivity index (χ0v) is 9.30. The van der Waals surface area contributed by atoms with Crippen LogP contribution in [0.25, 0.3) is 0 Å². The van der Waals surface area contributed by atoms with Crippen molar-refractivity contribution in [3.05, 3.63) is 70.5 Å². The first-order valence-corrected chi connectivity index (χ1v) is 5.21. The summed E-state index contributed by atoms with van der Waals surface area (Å²) < 4.78 is 6.01. The molecule has 18 heavy (non-hydrogen) atoms. The van der Waals surface area contributed by atoms with E-state index in [2.05, 4.69) is 0 Å². The van der Waals surface area contributed by atoms with Crippen molar-refractivity contribution in [1.82, 2.24) is 4.57 Å². The number of hydrogen-bond donors (Lipinski definition) is 0. The lowest BCUT2D eigenvalue weighted by Crippen LogP contribution is -2.21. The lowest BCUT2D eigenvalue weighted by atomic mass is 10.2. The second kappa shape index (κ2) is 5.13. The molecule has 6 heteroatoms. The summed E-state index contributed by atoms with van der Waals surface area (Å²) in [5.74, 6) is 0. The third kappa shape index (κ3) is 2.54. The molecule has 0 amide bonds. The van der Waals surface area contributed by atoms with Gasteiger partial charge in [0.25, 0.3) is 0 Å². The normalized spacial score (nSPS) is 11.8. The fraction of sp³-hybridized carbons (Fsp3) is 0.0833. The third-order valence-corrected chi connectivity index (χ3v) is 2.30. The van der Waals surface area contributed by atoms with Crippen LogP contribution in [-0.2, 0) is 4.74 Å². The predicted octanol–water partition coefficient (Wildman–Crippen LogP) is 2.45. The zero-order chi connectivity index (χ0) is 13.0. The van der Waals surface area contributed by atoms with E-state index >= 15 is 0 Å². The van der Waals surface area contributed by atoms with Crippen LogP contribution in [0.15, 0.2) is 54.9 Å². The van der Waals surface area contributed by atoms with Gasteiger partial charge in [-0.25, -0.2) is 4.79 Å². The monoisotopic (exact) mass is 246 g/mol. The maximum atomic E-state index is 11.6. The lowest BCUT2D eigenvalue weighted by molar-refractivity contribution is -0.574. The largest absolute Gasteiger partial charge is 0.423 e. The molecule has 0 fully saturated rings. The number of carbonyl (C=O) groups excluding carboxylic acids is 1. The Bertz CT molecular complexity index is 536. The van der Waals surface area contributed by atoms with Crippen molar-refractivity contribution in [2.45, 2.75) is 6.23 Å². The van der Waals surface area contributed by atoms with Crippen LogP contribution in [0.2, 0.25) is 0 Å². The van der Waals surface area contributed by atoms with E-state index in [-0.39, 0.29) is 0 Å². The van der Waals surface area contributed by atoms with Gasteiger partial charge in [0.2, 0.25) is 0 Å². The fourth-order valence-electron chi connectivity index (χ4n) is 1.46. The first-order valence-electron chi connectivity index (χ1n) is 5.21. The van der Waals surface area contributed by atoms with Crippen molar-refractivity contribution in [2.24, 2.45) is 0 Å². The summed E-state index contributed by atoms with van der Waals surface area (Å²) in [5, 5.41) is 10.9. The van der Waals surface area contributed by atoms with Crippen LogP contribution in [0.1, 0.15) is 11.8 Å². The molecule has 0 aliphatic rings. The van der Waals surface area contributed by atoms with E-state index in [4.69, 9.17) is 4.74 Å². The number of ether oxygens (including phenoxy) is 1. The molecule has 2 aromatic rings. The van der Waals surface area contributed by atoms with Gasteiger partial charge in [-0.05, 0) is 24.3 Å². The van der Waals surface area contributed by atoms with Crippen molar-refractivity contribution in [3.63, 3.8) is 0 Å². The second-order valence-corrected chi connectivity index (χ2v) is 3.52. The summed E-state index contributed by atoms with van der Waals surface area (Å²) in [6, 6.07) is 11.4. The predicted molar refractivity (Wildman–Crippen MR) is 62.5 cm³/mol. The summed E-state index contributed by atoms with van der Waals surface area (Å²) >= 11 is 0. The van der Waals surface area contributed by atoms with Gasteiger partial charge >= 0.3 is 12.3 Å². The Morgan fingerprint density at radius 3 is 2.33 bits per heavy atom. The highest BCUT2D eigenvalue weighted by Gasteiger charge is 2.27. The molecule has 1 aromatic heterocycles. The van der Waals surface area contributed by atoms with Crippen LogP contribution in [0.5, 0.6) is 0 Å². The number of hydrogen-bond acceptors (Lipinski definition) is 4. The van der Waals surface area contributed by atoms with Crippen LogP contribution in [0, 0.1) is 10.1 Å². The molecule has 0 bridgehead atoms. The Morgan fingerprint density at radius 2 is 1.78 bits per heavy atom. The molecule has 1 heterocycles. The average Bonchev–Trinajstić information content (AvgIpc) is 2.90. The highest BCUT2D eigenvalue weighted by atomic mass is 16.7. The molecule has 0 radical (unpaired) electrons. The molecule has 0 aliphatic carbocycles. The zero-order valence-electron chi connectivity index (χ0n) is 9.30. The van der Waals surface area contributed by atoms with E-state index in [1.807, 2.05) is 0 Å². The van der Waals surface area contributed by atoms with Gasteiger partial charge in [0, 0.05) is 12.4 Å². The van der Waals surface area contributed by atoms with E-state index in [0.29, 0.717) is 5.56 Å². The quantitative estimate of drug-likeness (QED) is 0.473. The van der Waals surface area contributed by atoms with Crippen LogP contribution in [0.4, 0.5) is 4.79 Å². The molecular weight excluding hydrogens is 236 g/mol. The van der Waals surface area contributed by atoms with Crippen LogP contribution < -0.4 is 0 Å². The molecule has 1 aromatic carbocycles. The first kappa shape index (κ1) is 11.8. The Balaban J connectivity index is 2.18. The number of benzene rings is 1. The van der Waals surface area contributed by atoms with Crippen molar-refractivity contribution in [3.8, 4) is 0 Å². The molecule has 0 spiro atoms. The van der Waals surface area contributed by atoms with Crippen molar-refractivity contribution in [1.29, 1.82) is 0 Å². The fourth-order valence-corrected chi connectivity index (χ4v) is 1.46. The van der Waals surface area contributed by atoms with Gasteiger partial charge in [-0.2, -0.15) is 0 Å². The summed E-state index contributed by atoms with van der Waals surface area (Å²) in [7, 11) is 0. The molecule has 0 saturated heterocycles. The SMILES string of the molecule is O=C(OC(c1ccccc1)[N+](=O)[O-])n1cccc1. The van der Waals surface area contributed by atoms with Gasteiger partial charge in [0.1, 0.15) is 0 Å². The van der Waals surface area contributed by atoms with Gasteiger partial charge in [0.15, 0.2) is 0 Å². The van der Waals surface area contributed by atoms with Crippen molar-refractivity contribution >= 4 is 6.09 Å². The van der Waals surface area contributed by atoms with Crippen molar-refractivity contribution in [2.75, 3.05) is 0 Å². The Morgan fingerprint density at radius 1 is 1.17 bits per heavy atom. The van der Waals surface area contributed by atoms with Crippen molar-refractivity contribution < 1.29 is 14.5 Å². The molecule has 0 saturated carbocycles. The number of aromatic nitrogens is 1. The number of nitro groups is 1. The summed E-state index contributed by atoms with van der Waals surface area (Å²) in [6.45, 7) is 0. The lowest BCUT2D eigenvalue weighted by Gasteiger charge is -2.10. The smallest absolute Gasteiger partial charge is 0.377 e. The molecule has 2 rings (SSSR count).